The Morgan fingerprint density at radius 2 is 2.00 bits per heavy atom. The molecule has 0 aromatic carbocycles. The maximum absolute atomic E-state index is 4.32. The van der Waals surface area contributed by atoms with Gasteiger partial charge in [0, 0.05) is 23.9 Å². The Morgan fingerprint density at radius 3 is 2.71 bits per heavy atom. The first-order chi connectivity index (χ1) is 6.90. The summed E-state index contributed by atoms with van der Waals surface area (Å²) in [6.45, 7) is 0. The molecule has 0 aliphatic heterocycles. The van der Waals surface area contributed by atoms with Crippen molar-refractivity contribution < 1.29 is 0 Å². The molecule has 0 aliphatic carbocycles. The summed E-state index contributed by atoms with van der Waals surface area (Å²) in [5.41, 5.74) is 1.77. The van der Waals surface area contributed by atoms with Crippen LogP contribution in [0.3, 0.4) is 0 Å². The number of hydrogen-bond acceptors (Lipinski definition) is 4. The fourth-order valence-electron chi connectivity index (χ4n) is 1.02. The van der Waals surface area contributed by atoms with Gasteiger partial charge in [-0.3, -0.25) is 0 Å². The van der Waals surface area contributed by atoms with Crippen LogP contribution in [0.4, 0.5) is 0 Å². The molecule has 0 bridgehead atoms. The van der Waals surface area contributed by atoms with Gasteiger partial charge in [-0.1, -0.05) is 15.9 Å². The van der Waals surface area contributed by atoms with Crippen LogP contribution >= 0.6 is 15.9 Å². The molecule has 0 aliphatic rings. The van der Waals surface area contributed by atoms with Gasteiger partial charge >= 0.3 is 0 Å². The van der Waals surface area contributed by atoms with Crippen molar-refractivity contribution in [1.29, 1.82) is 0 Å². The average Bonchev–Trinajstić information content (AvgIpc) is 2.30. The molecule has 0 atom stereocenters. The molecule has 0 radical (unpaired) electrons. The van der Waals surface area contributed by atoms with Crippen LogP contribution in [0.25, 0.3) is 11.4 Å². The predicted octanol–water partition coefficient (Wildman–Crippen LogP) is 1.83. The van der Waals surface area contributed by atoms with E-state index in [1.807, 2.05) is 6.07 Å². The third kappa shape index (κ3) is 1.93. The van der Waals surface area contributed by atoms with Crippen molar-refractivity contribution in [2.75, 3.05) is 0 Å². The second-order valence-corrected chi connectivity index (χ2v) is 3.19. The maximum atomic E-state index is 4.32. The molecular weight excluding hydrogens is 244 g/mol. The first kappa shape index (κ1) is 9.21. The molecule has 0 amide bonds. The number of hydrogen-bond donors (Lipinski definition) is 0. The number of alkyl halides is 1. The monoisotopic (exact) mass is 250 g/mol. The van der Waals surface area contributed by atoms with Gasteiger partial charge in [0.05, 0.1) is 11.3 Å². The van der Waals surface area contributed by atoms with E-state index in [0.717, 1.165) is 16.6 Å². The van der Waals surface area contributed by atoms with E-state index in [1.165, 1.54) is 6.33 Å². The minimum atomic E-state index is 0.655. The highest BCUT2D eigenvalue weighted by Gasteiger charge is 2.01. The van der Waals surface area contributed by atoms with Crippen LogP contribution < -0.4 is 0 Å². The zero-order valence-corrected chi connectivity index (χ0v) is 8.85. The second-order valence-electron chi connectivity index (χ2n) is 2.63. The van der Waals surface area contributed by atoms with Crippen molar-refractivity contribution in [3.8, 4) is 11.4 Å². The minimum Gasteiger partial charge on any atom is -0.244 e. The topological polar surface area (TPSA) is 51.6 Å². The molecule has 0 saturated heterocycles. The molecule has 2 aromatic rings. The van der Waals surface area contributed by atoms with Crippen molar-refractivity contribution in [2.45, 2.75) is 5.33 Å². The van der Waals surface area contributed by atoms with Gasteiger partial charge in [0.25, 0.3) is 0 Å². The van der Waals surface area contributed by atoms with Gasteiger partial charge in [-0.25, -0.2) is 19.9 Å². The normalized spacial score (nSPS) is 10.1. The maximum Gasteiger partial charge on any atom is 0.162 e. The first-order valence-corrected chi connectivity index (χ1v) is 5.15. The predicted molar refractivity (Wildman–Crippen MR) is 55.7 cm³/mol. The van der Waals surface area contributed by atoms with Gasteiger partial charge in [-0.15, -0.1) is 0 Å². The molecule has 0 spiro atoms. The molecule has 2 heterocycles. The van der Waals surface area contributed by atoms with E-state index >= 15 is 0 Å². The summed E-state index contributed by atoms with van der Waals surface area (Å²) in [6, 6.07) is 1.86. The van der Waals surface area contributed by atoms with E-state index in [1.54, 1.807) is 18.6 Å². The van der Waals surface area contributed by atoms with Crippen molar-refractivity contribution in [2.24, 2.45) is 0 Å². The largest absolute Gasteiger partial charge is 0.244 e. The molecule has 0 N–H and O–H groups in total. The summed E-state index contributed by atoms with van der Waals surface area (Å²) in [5, 5.41) is 0.718. The average molecular weight is 251 g/mol. The van der Waals surface area contributed by atoms with Gasteiger partial charge in [0.1, 0.15) is 6.33 Å². The zero-order chi connectivity index (χ0) is 9.80. The number of nitrogens with zero attached hydrogens (tertiary/aromatic N) is 4. The smallest absolute Gasteiger partial charge is 0.162 e. The quantitative estimate of drug-likeness (QED) is 0.764. The summed E-state index contributed by atoms with van der Waals surface area (Å²) in [4.78, 5) is 16.3. The van der Waals surface area contributed by atoms with E-state index in [-0.39, 0.29) is 0 Å². The molecule has 14 heavy (non-hydrogen) atoms. The van der Waals surface area contributed by atoms with Gasteiger partial charge in [-0.2, -0.15) is 0 Å². The molecule has 4 nitrogen and oxygen atoms in total. The van der Waals surface area contributed by atoms with E-state index in [9.17, 15) is 0 Å². The summed E-state index contributed by atoms with van der Waals surface area (Å²) in [6.07, 6.45) is 6.60. The third-order valence-electron chi connectivity index (χ3n) is 1.67. The van der Waals surface area contributed by atoms with E-state index in [2.05, 4.69) is 35.9 Å². The van der Waals surface area contributed by atoms with Crippen molar-refractivity contribution >= 4 is 15.9 Å². The molecule has 0 unspecified atom stereocenters. The van der Waals surface area contributed by atoms with Gasteiger partial charge < -0.3 is 0 Å². The standard InChI is InChI=1S/C9H7BrN4/c10-3-8-1-2-13-9(14-8)7-4-11-6-12-5-7/h1-2,4-6H,3H2. The minimum absolute atomic E-state index is 0.655. The summed E-state index contributed by atoms with van der Waals surface area (Å²) in [7, 11) is 0. The van der Waals surface area contributed by atoms with Gasteiger partial charge in [0.2, 0.25) is 0 Å². The third-order valence-corrected chi connectivity index (χ3v) is 2.24. The second kappa shape index (κ2) is 4.23. The fourth-order valence-corrected chi connectivity index (χ4v) is 1.34. The van der Waals surface area contributed by atoms with Gasteiger partial charge in [-0.05, 0) is 6.07 Å². The molecule has 0 fully saturated rings. The van der Waals surface area contributed by atoms with Gasteiger partial charge in [0.15, 0.2) is 5.82 Å². The van der Waals surface area contributed by atoms with E-state index in [0.29, 0.717) is 5.82 Å². The number of rotatable bonds is 2. The highest BCUT2D eigenvalue weighted by atomic mass is 79.9. The van der Waals surface area contributed by atoms with E-state index in [4.69, 9.17) is 0 Å². The molecule has 2 aromatic heterocycles. The molecular formula is C9H7BrN4. The Kier molecular flexibility index (Phi) is 2.78. The van der Waals surface area contributed by atoms with E-state index < -0.39 is 0 Å². The van der Waals surface area contributed by atoms with Crippen LogP contribution in [-0.4, -0.2) is 19.9 Å². The number of halogens is 1. The lowest BCUT2D eigenvalue weighted by molar-refractivity contribution is 1.08. The Hall–Kier alpha value is -1.36. The van der Waals surface area contributed by atoms with Crippen molar-refractivity contribution in [3.63, 3.8) is 0 Å². The summed E-state index contributed by atoms with van der Waals surface area (Å²) in [5.74, 6) is 0.655. The van der Waals surface area contributed by atoms with Crippen molar-refractivity contribution in [3.05, 3.63) is 36.7 Å². The Bertz CT molecular complexity index is 418. The highest BCUT2D eigenvalue weighted by molar-refractivity contribution is 9.08. The first-order valence-electron chi connectivity index (χ1n) is 4.03. The Balaban J connectivity index is 2.42. The lowest BCUT2D eigenvalue weighted by atomic mass is 10.3. The molecule has 5 heteroatoms. The lowest BCUT2D eigenvalue weighted by Gasteiger charge is -1.99. The molecule has 0 saturated carbocycles. The van der Waals surface area contributed by atoms with Crippen LogP contribution in [0.1, 0.15) is 5.69 Å². The Labute approximate surface area is 89.6 Å². The van der Waals surface area contributed by atoms with Crippen molar-refractivity contribution in [1.82, 2.24) is 19.9 Å². The zero-order valence-electron chi connectivity index (χ0n) is 7.26. The fraction of sp³-hybridized carbons (Fsp3) is 0.111. The molecule has 70 valence electrons. The van der Waals surface area contributed by atoms with Crippen LogP contribution in [0.2, 0.25) is 0 Å². The van der Waals surface area contributed by atoms with Crippen LogP contribution in [0, 0.1) is 0 Å². The van der Waals surface area contributed by atoms with Crippen LogP contribution in [0.5, 0.6) is 0 Å². The van der Waals surface area contributed by atoms with Crippen LogP contribution in [-0.2, 0) is 5.33 Å². The SMILES string of the molecule is BrCc1ccnc(-c2cncnc2)n1. The van der Waals surface area contributed by atoms with Crippen LogP contribution in [0.15, 0.2) is 31.0 Å². The summed E-state index contributed by atoms with van der Waals surface area (Å²) >= 11 is 3.34. The number of aromatic nitrogens is 4. The molecule has 2 rings (SSSR count). The summed E-state index contributed by atoms with van der Waals surface area (Å²) < 4.78 is 0. The Morgan fingerprint density at radius 1 is 1.21 bits per heavy atom. The highest BCUT2D eigenvalue weighted by Crippen LogP contribution is 2.12. The lowest BCUT2D eigenvalue weighted by Crippen LogP contribution is -1.93.